The Bertz CT molecular complexity index is 1140. The maximum atomic E-state index is 13.2. The molecule has 148 valence electrons. The average molecular weight is 410 g/mol. The second-order valence-electron chi connectivity index (χ2n) is 6.86. The third-order valence-electron chi connectivity index (χ3n) is 5.01. The first-order chi connectivity index (χ1) is 14.0. The zero-order valence-electron chi connectivity index (χ0n) is 16.1. The largest absolute Gasteiger partial charge is 0.329 e. The van der Waals surface area contributed by atoms with Crippen molar-refractivity contribution >= 4 is 34.8 Å². The molecule has 0 aromatic carbocycles. The molecule has 7 nitrogen and oxygen atoms in total. The lowest BCUT2D eigenvalue weighted by Crippen LogP contribution is -2.25. The van der Waals surface area contributed by atoms with Crippen LogP contribution in [0.1, 0.15) is 28.4 Å². The number of aromatic nitrogens is 3. The van der Waals surface area contributed by atoms with E-state index in [0.29, 0.717) is 47.4 Å². The van der Waals surface area contributed by atoms with E-state index in [9.17, 15) is 9.59 Å². The lowest BCUT2D eigenvalue weighted by Gasteiger charge is -2.23. The Morgan fingerprint density at radius 3 is 2.62 bits per heavy atom. The lowest BCUT2D eigenvalue weighted by molar-refractivity contribution is 0.0994. The third-order valence-corrected chi connectivity index (χ3v) is 5.22. The third kappa shape index (κ3) is 3.61. The van der Waals surface area contributed by atoms with Crippen molar-refractivity contribution in [1.82, 2.24) is 15.0 Å². The van der Waals surface area contributed by atoms with Crippen molar-refractivity contribution in [2.24, 2.45) is 0 Å². The van der Waals surface area contributed by atoms with Gasteiger partial charge in [-0.1, -0.05) is 11.6 Å². The summed E-state index contributed by atoms with van der Waals surface area (Å²) in [5, 5.41) is 0.362. The monoisotopic (exact) mass is 409 g/mol. The fraction of sp³-hybridized carbons (Fsp3) is 0.238. The fourth-order valence-corrected chi connectivity index (χ4v) is 3.65. The van der Waals surface area contributed by atoms with E-state index in [1.807, 2.05) is 24.0 Å². The summed E-state index contributed by atoms with van der Waals surface area (Å²) in [6.45, 7) is 2.57. The Morgan fingerprint density at radius 1 is 1.07 bits per heavy atom. The summed E-state index contributed by atoms with van der Waals surface area (Å²) >= 11 is 6.11. The normalized spacial score (nSPS) is 13.1. The van der Waals surface area contributed by atoms with Crippen molar-refractivity contribution in [3.05, 3.63) is 74.9 Å². The lowest BCUT2D eigenvalue weighted by atomic mass is 10.0. The highest BCUT2D eigenvalue weighted by molar-refractivity contribution is 6.29. The van der Waals surface area contributed by atoms with Gasteiger partial charge in [-0.2, -0.15) is 0 Å². The SMILES string of the molecule is CCN1c2ncc(CCc3cc[nH]c(=O)c3)cc2C(=O)N(C)c2ccc(Cl)nc21. The molecule has 0 atom stereocenters. The number of aromatic amines is 1. The summed E-state index contributed by atoms with van der Waals surface area (Å²) in [5.41, 5.74) is 2.95. The first-order valence-corrected chi connectivity index (χ1v) is 9.74. The highest BCUT2D eigenvalue weighted by Gasteiger charge is 2.30. The molecule has 0 saturated carbocycles. The maximum absolute atomic E-state index is 13.2. The number of fused-ring (bicyclic) bond motifs is 2. The van der Waals surface area contributed by atoms with Crippen LogP contribution in [0.15, 0.2) is 47.5 Å². The molecule has 0 fully saturated rings. The molecule has 4 heterocycles. The van der Waals surface area contributed by atoms with Gasteiger partial charge in [-0.05, 0) is 55.2 Å². The van der Waals surface area contributed by atoms with Crippen molar-refractivity contribution in [2.75, 3.05) is 23.4 Å². The second kappa shape index (κ2) is 7.67. The average Bonchev–Trinajstić information content (AvgIpc) is 2.80. The van der Waals surface area contributed by atoms with Crippen molar-refractivity contribution in [3.63, 3.8) is 0 Å². The van der Waals surface area contributed by atoms with E-state index in [1.54, 1.807) is 42.5 Å². The maximum Gasteiger partial charge on any atom is 0.261 e. The summed E-state index contributed by atoms with van der Waals surface area (Å²) in [7, 11) is 1.72. The van der Waals surface area contributed by atoms with Crippen molar-refractivity contribution in [2.45, 2.75) is 19.8 Å². The Morgan fingerprint density at radius 2 is 1.86 bits per heavy atom. The molecule has 0 bridgehead atoms. The van der Waals surface area contributed by atoms with Crippen LogP contribution >= 0.6 is 11.6 Å². The number of nitrogens with one attached hydrogen (secondary N) is 1. The number of halogens is 1. The minimum absolute atomic E-state index is 0.123. The van der Waals surface area contributed by atoms with E-state index in [0.717, 1.165) is 11.1 Å². The summed E-state index contributed by atoms with van der Waals surface area (Å²) < 4.78 is 0. The number of anilines is 3. The molecule has 1 aliphatic heterocycles. The molecule has 0 unspecified atom stereocenters. The Balaban J connectivity index is 1.72. The van der Waals surface area contributed by atoms with Gasteiger partial charge in [0.1, 0.15) is 11.0 Å². The number of aryl methyl sites for hydroxylation is 2. The van der Waals surface area contributed by atoms with Gasteiger partial charge >= 0.3 is 0 Å². The van der Waals surface area contributed by atoms with Gasteiger partial charge in [0.15, 0.2) is 5.82 Å². The van der Waals surface area contributed by atoms with Crippen LogP contribution in [0.3, 0.4) is 0 Å². The van der Waals surface area contributed by atoms with Crippen LogP contribution in [0, 0.1) is 0 Å². The molecule has 0 spiro atoms. The molecule has 0 radical (unpaired) electrons. The van der Waals surface area contributed by atoms with Gasteiger partial charge in [0.2, 0.25) is 5.56 Å². The first-order valence-electron chi connectivity index (χ1n) is 9.36. The molecular formula is C21H20ClN5O2. The number of carbonyl (C=O) groups excluding carboxylic acids is 1. The molecule has 3 aromatic rings. The molecule has 8 heteroatoms. The van der Waals surface area contributed by atoms with Crippen LogP contribution in [0.2, 0.25) is 5.15 Å². The van der Waals surface area contributed by atoms with E-state index in [4.69, 9.17) is 11.6 Å². The number of carbonyl (C=O) groups is 1. The Hall–Kier alpha value is -3.19. The predicted molar refractivity (Wildman–Crippen MR) is 113 cm³/mol. The van der Waals surface area contributed by atoms with Crippen LogP contribution in [0.5, 0.6) is 0 Å². The zero-order valence-corrected chi connectivity index (χ0v) is 16.9. The molecule has 1 aliphatic rings. The standard InChI is InChI=1S/C21H20ClN5O2/c1-3-27-19-15(21(29)26(2)16-6-7-17(22)25-20(16)27)10-14(12-24-19)5-4-13-8-9-23-18(28)11-13/h6-12H,3-5H2,1-2H3,(H,23,28). The highest BCUT2D eigenvalue weighted by atomic mass is 35.5. The molecule has 1 N–H and O–H groups in total. The summed E-state index contributed by atoms with van der Waals surface area (Å²) in [6, 6.07) is 8.81. The number of hydrogen-bond donors (Lipinski definition) is 1. The number of pyridine rings is 3. The molecule has 4 rings (SSSR count). The van der Waals surface area contributed by atoms with Crippen LogP contribution in [-0.4, -0.2) is 34.5 Å². The van der Waals surface area contributed by atoms with Gasteiger partial charge in [-0.25, -0.2) is 9.97 Å². The summed E-state index contributed by atoms with van der Waals surface area (Å²) in [5.74, 6) is 1.03. The van der Waals surface area contributed by atoms with Crippen molar-refractivity contribution in [1.29, 1.82) is 0 Å². The van der Waals surface area contributed by atoms with Crippen LogP contribution < -0.4 is 15.4 Å². The number of amides is 1. The number of rotatable bonds is 4. The van der Waals surface area contributed by atoms with Gasteiger partial charge in [-0.15, -0.1) is 0 Å². The molecule has 0 aliphatic carbocycles. The Kier molecular flexibility index (Phi) is 5.07. The smallest absolute Gasteiger partial charge is 0.261 e. The summed E-state index contributed by atoms with van der Waals surface area (Å²) in [4.78, 5) is 39.8. The quantitative estimate of drug-likeness (QED) is 0.668. The van der Waals surface area contributed by atoms with Gasteiger partial charge < -0.3 is 14.8 Å². The highest BCUT2D eigenvalue weighted by Crippen LogP contribution is 2.38. The molecule has 1 amide bonds. The van der Waals surface area contributed by atoms with E-state index in [1.165, 1.54) is 0 Å². The molecular weight excluding hydrogens is 390 g/mol. The first kappa shape index (κ1) is 19.1. The second-order valence-corrected chi connectivity index (χ2v) is 7.25. The van der Waals surface area contributed by atoms with Crippen LogP contribution in [-0.2, 0) is 12.8 Å². The topological polar surface area (TPSA) is 82.2 Å². The zero-order chi connectivity index (χ0) is 20.5. The minimum Gasteiger partial charge on any atom is -0.329 e. The minimum atomic E-state index is -0.146. The van der Waals surface area contributed by atoms with Gasteiger partial charge in [0, 0.05) is 32.1 Å². The van der Waals surface area contributed by atoms with Gasteiger partial charge in [0.25, 0.3) is 5.91 Å². The van der Waals surface area contributed by atoms with E-state index < -0.39 is 0 Å². The van der Waals surface area contributed by atoms with Crippen LogP contribution in [0.25, 0.3) is 0 Å². The van der Waals surface area contributed by atoms with E-state index in [2.05, 4.69) is 15.0 Å². The van der Waals surface area contributed by atoms with Gasteiger partial charge in [0.05, 0.1) is 11.3 Å². The van der Waals surface area contributed by atoms with Crippen molar-refractivity contribution < 1.29 is 4.79 Å². The molecule has 3 aromatic heterocycles. The number of H-pyrrole nitrogens is 1. The predicted octanol–water partition coefficient (Wildman–Crippen LogP) is 3.35. The fourth-order valence-electron chi connectivity index (χ4n) is 3.51. The van der Waals surface area contributed by atoms with Crippen LogP contribution in [0.4, 0.5) is 17.3 Å². The van der Waals surface area contributed by atoms with Gasteiger partial charge in [-0.3, -0.25) is 9.59 Å². The molecule has 0 saturated heterocycles. The molecule has 29 heavy (non-hydrogen) atoms. The summed E-state index contributed by atoms with van der Waals surface area (Å²) in [6.07, 6.45) is 4.77. The Labute approximate surface area is 173 Å². The van der Waals surface area contributed by atoms with E-state index >= 15 is 0 Å². The van der Waals surface area contributed by atoms with Crippen molar-refractivity contribution in [3.8, 4) is 0 Å². The van der Waals surface area contributed by atoms with E-state index in [-0.39, 0.29) is 11.5 Å². The number of hydrogen-bond acceptors (Lipinski definition) is 5. The number of nitrogens with zero attached hydrogens (tertiary/aromatic N) is 4.